The first kappa shape index (κ1) is 71.9. The number of fused-ring (bicyclic) bond motifs is 3. The molecule has 3 aliphatic rings. The standard InChI is InChI=1S/C27H28N6O2S.C26H26N6O2S.C25H24N6O2S/c34-17-19-8-2-6-12-24(19)36-23-11-5-1-7-18(23)15-29-26-32-22-10-4-3-9-21(22)25(33-26)28-14-13-20-16-30-27(35)31-20;33-16-18-8-2-6-12-23(18)35-22-11-5-1-7-17(22)13-27-25-31-21-10-4-3-9-20(21)24(32-25)30-19-14-28-26(34)29-15-19;32-15-17-8-2-6-12-21(17)34-20-11-5-1-7-16(20)13-26-24-28-19-10-4-3-9-18(19)23(31-24)29-22-14-27-25(33)30-22/h1-12,20,34H,13-17H2,(H2,30,31,35)(H2,28,29,32,33);1-12,19,33H,13-16H2,(H2,28,29,34)(H2,27,30,31,32);1-12,22,32H,13-15H2,(H2,27,30,33)(H2,26,28,29,31). The van der Waals surface area contributed by atoms with Crippen LogP contribution < -0.4 is 63.8 Å². The number of nitrogens with one attached hydrogen (secondary N) is 12. The van der Waals surface area contributed by atoms with Gasteiger partial charge in [0, 0.05) is 97.4 Å². The highest BCUT2D eigenvalue weighted by Gasteiger charge is 2.24. The smallest absolute Gasteiger partial charge is 0.316 e. The summed E-state index contributed by atoms with van der Waals surface area (Å²) in [5, 5.41) is 69.0. The van der Waals surface area contributed by atoms with Crippen LogP contribution in [0.4, 0.5) is 49.7 Å². The number of aliphatic hydroxyl groups excluding tert-OH is 3. The molecule has 2 atom stereocenters. The summed E-state index contributed by atoms with van der Waals surface area (Å²) in [6.07, 6.45) is 0.544. The van der Waals surface area contributed by atoms with E-state index in [1.807, 2.05) is 182 Å². The SMILES string of the molecule is O=C1NCC(CCNc2nc(NCc3ccccc3Sc3ccccc3CO)nc3ccccc23)N1.O=C1NCC(Nc2nc(NCc3ccccc3Sc3ccccc3CO)nc3ccccc23)CN1.O=C1NCC(Nc2nc(NCc3ccccc3Sc3ccccc3CO)nc3ccccc23)N1. The summed E-state index contributed by atoms with van der Waals surface area (Å²) in [4.78, 5) is 69.0. The maximum absolute atomic E-state index is 11.5. The summed E-state index contributed by atoms with van der Waals surface area (Å²) < 4.78 is 0. The number of aromatic nitrogens is 6. The molecule has 3 aliphatic heterocycles. The molecule has 3 saturated heterocycles. The number of amides is 6. The van der Waals surface area contributed by atoms with Gasteiger partial charge in [0.2, 0.25) is 17.8 Å². The van der Waals surface area contributed by atoms with Crippen LogP contribution in [0, 0.1) is 0 Å². The summed E-state index contributed by atoms with van der Waals surface area (Å²) in [6.45, 7) is 4.48. The molecular weight excluding hydrogens is 1380 g/mol. The third-order valence-electron chi connectivity index (χ3n) is 17.2. The molecular formula is C78H78N18O6S3. The van der Waals surface area contributed by atoms with E-state index in [0.717, 1.165) is 114 Å². The molecule has 27 heteroatoms. The Morgan fingerprint density at radius 2 is 0.676 bits per heavy atom. The monoisotopic (exact) mass is 1460 g/mol. The third-order valence-corrected chi connectivity index (χ3v) is 20.9. The van der Waals surface area contributed by atoms with Gasteiger partial charge in [0.15, 0.2) is 0 Å². The second-order valence-corrected chi connectivity index (χ2v) is 27.7. The number of hydrogen-bond donors (Lipinski definition) is 15. The molecule has 12 aromatic rings. The lowest BCUT2D eigenvalue weighted by atomic mass is 10.2. The van der Waals surface area contributed by atoms with Gasteiger partial charge in [-0.1, -0.05) is 181 Å². The average Bonchev–Trinajstić information content (AvgIpc) is 1.07. The molecule has 15 rings (SSSR count). The maximum Gasteiger partial charge on any atom is 0.316 e. The third kappa shape index (κ3) is 19.2. The zero-order valence-electron chi connectivity index (χ0n) is 57.0. The average molecular weight is 1460 g/mol. The van der Waals surface area contributed by atoms with Gasteiger partial charge in [-0.05, 0) is 113 Å². The number of anilines is 6. The van der Waals surface area contributed by atoms with Crippen molar-refractivity contribution in [2.24, 2.45) is 0 Å². The van der Waals surface area contributed by atoms with Crippen molar-refractivity contribution in [2.75, 3.05) is 64.6 Å². The van der Waals surface area contributed by atoms with Gasteiger partial charge in [-0.3, -0.25) is 0 Å². The fourth-order valence-corrected chi connectivity index (χ4v) is 15.0. The molecule has 6 amide bonds. The molecule has 0 saturated carbocycles. The molecule has 24 nitrogen and oxygen atoms in total. The van der Waals surface area contributed by atoms with E-state index in [1.54, 1.807) is 35.3 Å². The van der Waals surface area contributed by atoms with E-state index in [-0.39, 0.29) is 56.2 Å². The van der Waals surface area contributed by atoms with Gasteiger partial charge >= 0.3 is 18.1 Å². The number of aliphatic hydroxyl groups is 3. The van der Waals surface area contributed by atoms with Gasteiger partial charge in [0.25, 0.3) is 0 Å². The van der Waals surface area contributed by atoms with Crippen molar-refractivity contribution in [2.45, 2.75) is 93.5 Å². The van der Waals surface area contributed by atoms with Crippen LogP contribution in [0.3, 0.4) is 0 Å². The Balaban J connectivity index is 0.000000140. The second-order valence-electron chi connectivity index (χ2n) is 24.5. The molecule has 0 radical (unpaired) electrons. The minimum atomic E-state index is -0.248. The molecule has 3 aromatic heterocycles. The molecule has 3 fully saturated rings. The van der Waals surface area contributed by atoms with Crippen LogP contribution in [0.2, 0.25) is 0 Å². The fraction of sp³-hybridized carbons (Fsp3) is 0.192. The highest BCUT2D eigenvalue weighted by molar-refractivity contribution is 8.00. The van der Waals surface area contributed by atoms with Gasteiger partial charge in [-0.25, -0.2) is 29.3 Å². The molecule has 2 unspecified atom stereocenters. The predicted molar refractivity (Wildman–Crippen MR) is 416 cm³/mol. The zero-order valence-corrected chi connectivity index (χ0v) is 59.4. The molecule has 0 bridgehead atoms. The molecule has 105 heavy (non-hydrogen) atoms. The number of hydrogen-bond acceptors (Lipinski definition) is 21. The Bertz CT molecular complexity index is 5020. The Hall–Kier alpha value is -11.5. The van der Waals surface area contributed by atoms with Gasteiger partial charge in [-0.15, -0.1) is 0 Å². The van der Waals surface area contributed by atoms with E-state index in [1.165, 1.54) is 0 Å². The van der Waals surface area contributed by atoms with E-state index in [4.69, 9.17) is 24.9 Å². The van der Waals surface area contributed by atoms with Crippen molar-refractivity contribution in [3.63, 3.8) is 0 Å². The normalized spacial score (nSPS) is 14.6. The van der Waals surface area contributed by atoms with Crippen molar-refractivity contribution in [1.82, 2.24) is 61.8 Å². The van der Waals surface area contributed by atoms with Crippen LogP contribution in [-0.2, 0) is 39.5 Å². The zero-order chi connectivity index (χ0) is 72.1. The van der Waals surface area contributed by atoms with E-state index in [0.29, 0.717) is 76.0 Å². The van der Waals surface area contributed by atoms with Crippen LogP contribution in [-0.4, -0.2) is 114 Å². The van der Waals surface area contributed by atoms with E-state index < -0.39 is 0 Å². The molecule has 0 spiro atoms. The number of para-hydroxylation sites is 3. The lowest BCUT2D eigenvalue weighted by Crippen LogP contribution is -2.53. The Kier molecular flexibility index (Phi) is 24.4. The quantitative estimate of drug-likeness (QED) is 0.0239. The lowest BCUT2D eigenvalue weighted by Gasteiger charge is -2.25. The lowest BCUT2D eigenvalue weighted by molar-refractivity contribution is 0.235. The van der Waals surface area contributed by atoms with Gasteiger partial charge in [0.1, 0.15) is 23.6 Å². The number of benzene rings is 9. The second kappa shape index (κ2) is 35.6. The van der Waals surface area contributed by atoms with Crippen LogP contribution in [0.15, 0.2) is 248 Å². The first-order valence-corrected chi connectivity index (χ1v) is 36.8. The molecule has 534 valence electrons. The van der Waals surface area contributed by atoms with Gasteiger partial charge in [-0.2, -0.15) is 15.0 Å². The summed E-state index contributed by atoms with van der Waals surface area (Å²) in [5.74, 6) is 3.70. The summed E-state index contributed by atoms with van der Waals surface area (Å²) >= 11 is 4.90. The number of carbonyl (C=O) groups is 3. The predicted octanol–water partition coefficient (Wildman–Crippen LogP) is 12.3. The van der Waals surface area contributed by atoms with Crippen molar-refractivity contribution >= 4 is 121 Å². The van der Waals surface area contributed by atoms with Crippen molar-refractivity contribution in [1.29, 1.82) is 0 Å². The van der Waals surface area contributed by atoms with E-state index in [9.17, 15) is 29.7 Å². The first-order chi connectivity index (χ1) is 51.6. The minimum absolute atomic E-state index is 0.00125. The molecule has 9 aromatic carbocycles. The molecule has 6 heterocycles. The molecule has 15 N–H and O–H groups in total. The first-order valence-electron chi connectivity index (χ1n) is 34.3. The van der Waals surface area contributed by atoms with Gasteiger partial charge < -0.3 is 79.1 Å². The van der Waals surface area contributed by atoms with Gasteiger partial charge in [0.05, 0.1) is 49.0 Å². The van der Waals surface area contributed by atoms with Crippen molar-refractivity contribution in [3.8, 4) is 0 Å². The fourth-order valence-electron chi connectivity index (χ4n) is 11.8. The van der Waals surface area contributed by atoms with E-state index >= 15 is 0 Å². The van der Waals surface area contributed by atoms with Crippen LogP contribution >= 0.6 is 35.3 Å². The van der Waals surface area contributed by atoms with Crippen molar-refractivity contribution in [3.05, 3.63) is 252 Å². The summed E-state index contributed by atoms with van der Waals surface area (Å²) in [6, 6.07) is 71.3. The number of rotatable bonds is 26. The topological polar surface area (TPSA) is 334 Å². The Labute approximate surface area is 619 Å². The van der Waals surface area contributed by atoms with Crippen LogP contribution in [0.25, 0.3) is 32.7 Å². The number of urea groups is 3. The molecule has 0 aliphatic carbocycles. The highest BCUT2D eigenvalue weighted by Crippen LogP contribution is 2.37. The van der Waals surface area contributed by atoms with E-state index in [2.05, 4.69) is 105 Å². The Morgan fingerprint density at radius 3 is 1.07 bits per heavy atom. The van der Waals surface area contributed by atoms with Crippen LogP contribution in [0.5, 0.6) is 0 Å². The summed E-state index contributed by atoms with van der Waals surface area (Å²) in [7, 11) is 0. The maximum atomic E-state index is 11.5. The largest absolute Gasteiger partial charge is 0.392 e. The number of carbonyl (C=O) groups excluding carboxylic acids is 3. The summed E-state index contributed by atoms with van der Waals surface area (Å²) in [5.41, 5.74) is 8.53. The highest BCUT2D eigenvalue weighted by atomic mass is 32.2. The number of nitrogens with zero attached hydrogens (tertiary/aromatic N) is 6. The minimum Gasteiger partial charge on any atom is -0.392 e. The Morgan fingerprint density at radius 1 is 0.343 bits per heavy atom. The van der Waals surface area contributed by atoms with Crippen LogP contribution in [0.1, 0.15) is 39.8 Å². The van der Waals surface area contributed by atoms with Crippen molar-refractivity contribution < 1.29 is 29.7 Å².